The summed E-state index contributed by atoms with van der Waals surface area (Å²) in [7, 11) is -8.53. The van der Waals surface area contributed by atoms with Crippen molar-refractivity contribution in [3.05, 3.63) is 34.9 Å². The van der Waals surface area contributed by atoms with E-state index in [1.165, 1.54) is 18.2 Å². The average Bonchev–Trinajstić information content (AvgIpc) is 2.24. The summed E-state index contributed by atoms with van der Waals surface area (Å²) in [5.74, 6) is 0. The molecule has 0 aliphatic carbocycles. The van der Waals surface area contributed by atoms with Gasteiger partial charge in [0.2, 0.25) is 0 Å². The summed E-state index contributed by atoms with van der Waals surface area (Å²) >= 11 is 0. The molecule has 0 heterocycles. The second kappa shape index (κ2) is 6.96. The zero-order valence-electron chi connectivity index (χ0n) is 11.0. The van der Waals surface area contributed by atoms with Gasteiger partial charge in [0.1, 0.15) is 0 Å². The maximum Gasteiger partial charge on any atom is 0.329 e. The molecule has 1 aromatic rings. The number of rotatable bonds is 7. The van der Waals surface area contributed by atoms with Crippen molar-refractivity contribution in [2.24, 2.45) is 0 Å². The predicted octanol–water partition coefficient (Wildman–Crippen LogP) is 1.58. The third-order valence-electron chi connectivity index (χ3n) is 2.57. The summed E-state index contributed by atoms with van der Waals surface area (Å²) in [4.78, 5) is 36.2. The van der Waals surface area contributed by atoms with Gasteiger partial charge in [0.25, 0.3) is 0 Å². The lowest BCUT2D eigenvalue weighted by atomic mass is 10.0. The zero-order valence-corrected chi connectivity index (χ0v) is 12.8. The Kier molecular flexibility index (Phi) is 6.10. The van der Waals surface area contributed by atoms with Gasteiger partial charge in [0, 0.05) is 6.61 Å². The molecular formula is C11H18O7P2. The second-order valence-electron chi connectivity index (χ2n) is 4.34. The SMILES string of the molecule is CCOCc1c(CP(=O)(O)O)cccc1CP(=O)(O)O. The minimum Gasteiger partial charge on any atom is -0.377 e. The summed E-state index contributed by atoms with van der Waals surface area (Å²) in [6.45, 7) is 2.20. The van der Waals surface area contributed by atoms with E-state index in [1.54, 1.807) is 6.92 Å². The van der Waals surface area contributed by atoms with E-state index in [1.807, 2.05) is 0 Å². The Labute approximate surface area is 116 Å². The molecule has 0 fully saturated rings. The molecule has 1 rings (SSSR count). The number of hydrogen-bond acceptors (Lipinski definition) is 3. The van der Waals surface area contributed by atoms with Gasteiger partial charge in [0.15, 0.2) is 0 Å². The molecule has 0 bridgehead atoms. The molecular weight excluding hydrogens is 306 g/mol. The van der Waals surface area contributed by atoms with Crippen LogP contribution < -0.4 is 0 Å². The van der Waals surface area contributed by atoms with Crippen LogP contribution >= 0.6 is 15.2 Å². The van der Waals surface area contributed by atoms with Crippen LogP contribution in [0, 0.1) is 0 Å². The van der Waals surface area contributed by atoms with E-state index in [4.69, 9.17) is 24.3 Å². The summed E-state index contributed by atoms with van der Waals surface area (Å²) in [6.07, 6.45) is -0.963. The van der Waals surface area contributed by atoms with Crippen LogP contribution in [0.4, 0.5) is 0 Å². The quantitative estimate of drug-likeness (QED) is 0.561. The predicted molar refractivity (Wildman–Crippen MR) is 73.3 cm³/mol. The lowest BCUT2D eigenvalue weighted by molar-refractivity contribution is 0.133. The first-order chi connectivity index (χ1) is 9.12. The van der Waals surface area contributed by atoms with Gasteiger partial charge in [0.05, 0.1) is 18.9 Å². The van der Waals surface area contributed by atoms with Gasteiger partial charge in [-0.25, -0.2) is 0 Å². The smallest absolute Gasteiger partial charge is 0.329 e. The van der Waals surface area contributed by atoms with E-state index >= 15 is 0 Å². The minimum absolute atomic E-state index is 0.0575. The Morgan fingerprint density at radius 3 is 1.80 bits per heavy atom. The maximum absolute atomic E-state index is 11.1. The molecule has 4 N–H and O–H groups in total. The molecule has 20 heavy (non-hydrogen) atoms. The fourth-order valence-electron chi connectivity index (χ4n) is 1.82. The topological polar surface area (TPSA) is 124 Å². The van der Waals surface area contributed by atoms with Crippen molar-refractivity contribution in [3.63, 3.8) is 0 Å². The van der Waals surface area contributed by atoms with Crippen molar-refractivity contribution in [1.29, 1.82) is 0 Å². The van der Waals surface area contributed by atoms with Gasteiger partial charge in [-0.3, -0.25) is 9.13 Å². The van der Waals surface area contributed by atoms with Crippen molar-refractivity contribution in [3.8, 4) is 0 Å². The highest BCUT2D eigenvalue weighted by Crippen LogP contribution is 2.43. The second-order valence-corrected chi connectivity index (χ2v) is 7.63. The molecule has 0 aliphatic heterocycles. The van der Waals surface area contributed by atoms with Crippen LogP contribution in [0.5, 0.6) is 0 Å². The van der Waals surface area contributed by atoms with Crippen LogP contribution in [0.25, 0.3) is 0 Å². The van der Waals surface area contributed by atoms with Crippen LogP contribution in [0.3, 0.4) is 0 Å². The Bertz CT molecular complexity index is 503. The van der Waals surface area contributed by atoms with Gasteiger partial charge in [-0.05, 0) is 23.6 Å². The first-order valence-corrected chi connectivity index (χ1v) is 9.48. The van der Waals surface area contributed by atoms with Crippen molar-refractivity contribution in [2.45, 2.75) is 25.9 Å². The molecule has 114 valence electrons. The Balaban J connectivity index is 3.19. The summed E-state index contributed by atoms with van der Waals surface area (Å²) in [6, 6.07) is 4.57. The highest BCUT2D eigenvalue weighted by Gasteiger charge is 2.22. The van der Waals surface area contributed by atoms with Gasteiger partial charge in [-0.15, -0.1) is 0 Å². The van der Waals surface area contributed by atoms with Crippen molar-refractivity contribution in [1.82, 2.24) is 0 Å². The molecule has 0 radical (unpaired) electrons. The maximum atomic E-state index is 11.1. The first kappa shape index (κ1) is 17.5. The molecule has 0 unspecified atom stereocenters. The third-order valence-corrected chi connectivity index (χ3v) is 4.08. The van der Waals surface area contributed by atoms with Crippen LogP contribution in [0.2, 0.25) is 0 Å². The number of ether oxygens (including phenoxy) is 1. The van der Waals surface area contributed by atoms with E-state index in [9.17, 15) is 9.13 Å². The van der Waals surface area contributed by atoms with E-state index < -0.39 is 27.5 Å². The molecule has 0 atom stereocenters. The van der Waals surface area contributed by atoms with Gasteiger partial charge in [-0.2, -0.15) is 0 Å². The summed E-state index contributed by atoms with van der Waals surface area (Å²) < 4.78 is 27.5. The average molecular weight is 324 g/mol. The van der Waals surface area contributed by atoms with Crippen LogP contribution in [0.1, 0.15) is 23.6 Å². The largest absolute Gasteiger partial charge is 0.377 e. The van der Waals surface area contributed by atoms with Crippen LogP contribution in [0.15, 0.2) is 18.2 Å². The van der Waals surface area contributed by atoms with E-state index in [0.717, 1.165) is 0 Å². The normalized spacial score (nSPS) is 12.7. The van der Waals surface area contributed by atoms with E-state index in [-0.39, 0.29) is 6.61 Å². The molecule has 0 saturated heterocycles. The highest BCUT2D eigenvalue weighted by molar-refractivity contribution is 7.51. The first-order valence-electron chi connectivity index (χ1n) is 5.89. The van der Waals surface area contributed by atoms with Crippen molar-refractivity contribution < 1.29 is 33.4 Å². The number of benzene rings is 1. The monoisotopic (exact) mass is 324 g/mol. The summed E-state index contributed by atoms with van der Waals surface area (Å²) in [5, 5.41) is 0. The molecule has 0 spiro atoms. The minimum atomic E-state index is -4.27. The van der Waals surface area contributed by atoms with E-state index in [2.05, 4.69) is 0 Å². The molecule has 0 amide bonds. The van der Waals surface area contributed by atoms with Crippen molar-refractivity contribution in [2.75, 3.05) is 6.61 Å². The van der Waals surface area contributed by atoms with Gasteiger partial charge in [-0.1, -0.05) is 18.2 Å². The summed E-state index contributed by atoms with van der Waals surface area (Å²) in [5.41, 5.74) is 1.12. The highest BCUT2D eigenvalue weighted by atomic mass is 31.2. The number of hydrogen-bond donors (Lipinski definition) is 4. The Hall–Kier alpha value is -0.520. The Morgan fingerprint density at radius 2 is 1.45 bits per heavy atom. The zero-order chi connectivity index (χ0) is 15.4. The fraction of sp³-hybridized carbons (Fsp3) is 0.455. The fourth-order valence-corrected chi connectivity index (χ4v) is 3.30. The Morgan fingerprint density at radius 1 is 1.00 bits per heavy atom. The molecule has 7 nitrogen and oxygen atoms in total. The molecule has 9 heteroatoms. The standard InChI is InChI=1S/C11H18O7P2/c1-2-18-6-11-9(7-19(12,13)14)4-3-5-10(11)8-20(15,16)17/h3-5H,2,6-8H2,1H3,(H2,12,13,14)(H2,15,16,17). The van der Waals surface area contributed by atoms with Crippen molar-refractivity contribution >= 4 is 15.2 Å². The lowest BCUT2D eigenvalue weighted by Gasteiger charge is -2.16. The van der Waals surface area contributed by atoms with Crippen LogP contribution in [-0.2, 0) is 32.8 Å². The van der Waals surface area contributed by atoms with E-state index in [0.29, 0.717) is 23.3 Å². The van der Waals surface area contributed by atoms with Gasteiger partial charge >= 0.3 is 15.2 Å². The van der Waals surface area contributed by atoms with Gasteiger partial charge < -0.3 is 24.3 Å². The molecule has 0 aromatic heterocycles. The lowest BCUT2D eigenvalue weighted by Crippen LogP contribution is -2.04. The molecule has 0 aliphatic rings. The molecule has 0 saturated carbocycles. The van der Waals surface area contributed by atoms with Crippen LogP contribution in [-0.4, -0.2) is 26.2 Å². The molecule has 1 aromatic carbocycles. The third kappa shape index (κ3) is 6.29.